The Morgan fingerprint density at radius 2 is 1.77 bits per heavy atom. The molecule has 1 aromatic carbocycles. The van der Waals surface area contributed by atoms with Gasteiger partial charge in [-0.1, -0.05) is 0 Å². The smallest absolute Gasteiger partial charge is 0.508 e. The summed E-state index contributed by atoms with van der Waals surface area (Å²) >= 11 is 0. The van der Waals surface area contributed by atoms with E-state index in [0.29, 0.717) is 0 Å². The van der Waals surface area contributed by atoms with Crippen LogP contribution < -0.4 is 21.1 Å². The molecule has 0 unspecified atom stereocenters. The number of aliphatic hydroxyl groups is 3. The van der Waals surface area contributed by atoms with Crippen molar-refractivity contribution in [2.45, 2.75) is 57.2 Å². The number of primary amides is 1. The molecule has 4 atom stereocenters. The summed E-state index contributed by atoms with van der Waals surface area (Å²) in [7, 11) is 2.82. The van der Waals surface area contributed by atoms with Crippen LogP contribution >= 0.6 is 0 Å². The Bertz CT molecular complexity index is 1530. The monoisotopic (exact) mass is 626 g/mol. The predicted octanol–water partition coefficient (Wildman–Crippen LogP) is 1.19. The van der Waals surface area contributed by atoms with Crippen molar-refractivity contribution < 1.29 is 57.5 Å². The Balaban J connectivity index is 1.91. The number of carbonyl (C=O) groups is 4. The Morgan fingerprint density at radius 1 is 1.16 bits per heavy atom. The van der Waals surface area contributed by atoms with Crippen molar-refractivity contribution in [2.24, 2.45) is 17.6 Å². The van der Waals surface area contributed by atoms with Crippen molar-refractivity contribution in [3.63, 3.8) is 0 Å². The van der Waals surface area contributed by atoms with Crippen LogP contribution in [0.5, 0.6) is 11.5 Å². The summed E-state index contributed by atoms with van der Waals surface area (Å²) in [6.07, 6.45) is -6.03. The van der Waals surface area contributed by atoms with Gasteiger partial charge < -0.3 is 41.5 Å². The van der Waals surface area contributed by atoms with Gasteiger partial charge >= 0.3 is 6.36 Å². The lowest BCUT2D eigenvalue weighted by molar-refractivity contribution is -0.275. The van der Waals surface area contributed by atoms with E-state index in [1.165, 1.54) is 19.0 Å². The molecule has 3 aliphatic carbocycles. The minimum Gasteiger partial charge on any atom is -0.508 e. The number of ether oxygens (including phenoxy) is 1. The number of Topliss-reactive ketones (excluding diaryl/α,β-unsaturated/α-hetero) is 2. The standard InChI is InChI=1S/C28H33F3N4O9/c1-26(2,3)33-9-15(36)34-13-8-14(44-28(29,30)31)11-6-10-7-12-19(35(4)5)22(39)18(25(32)42)24(41)27(12,43)23(40)16(10)21(38)17(11)20(13)37/h8,10,12,19,33,37-38,41,43H,6-7,9H2,1-5H3,(H2,32,42)(H,34,36)/t10-,12-,19-,27-/m0/s1. The number of hydrogen-bond donors (Lipinski definition) is 7. The molecule has 44 heavy (non-hydrogen) atoms. The maximum Gasteiger partial charge on any atom is 0.573 e. The molecular formula is C28H33F3N4O9. The maximum absolute atomic E-state index is 13.9. The van der Waals surface area contributed by atoms with Gasteiger partial charge in [-0.25, -0.2) is 0 Å². The van der Waals surface area contributed by atoms with Crippen molar-refractivity contribution in [1.82, 2.24) is 10.2 Å². The molecule has 0 bridgehead atoms. The minimum absolute atomic E-state index is 0.308. The van der Waals surface area contributed by atoms with Crippen LogP contribution in [0.2, 0.25) is 0 Å². The highest BCUT2D eigenvalue weighted by Crippen LogP contribution is 2.55. The van der Waals surface area contributed by atoms with Crippen LogP contribution in [0, 0.1) is 11.8 Å². The molecule has 3 aliphatic rings. The molecule has 0 radical (unpaired) electrons. The lowest BCUT2D eigenvalue weighted by atomic mass is 9.57. The van der Waals surface area contributed by atoms with Crippen molar-refractivity contribution in [3.05, 3.63) is 34.1 Å². The summed E-state index contributed by atoms with van der Waals surface area (Å²) in [4.78, 5) is 53.1. The van der Waals surface area contributed by atoms with Gasteiger partial charge in [0, 0.05) is 28.7 Å². The Kier molecular flexibility index (Phi) is 8.03. The zero-order valence-corrected chi connectivity index (χ0v) is 24.4. The van der Waals surface area contributed by atoms with Gasteiger partial charge in [0.25, 0.3) is 5.91 Å². The van der Waals surface area contributed by atoms with Crippen molar-refractivity contribution in [1.29, 1.82) is 0 Å². The van der Waals surface area contributed by atoms with Crippen molar-refractivity contribution in [2.75, 3.05) is 26.0 Å². The lowest BCUT2D eigenvalue weighted by Gasteiger charge is -2.50. The van der Waals surface area contributed by atoms with E-state index in [1.807, 2.05) is 0 Å². The van der Waals surface area contributed by atoms with Crippen LogP contribution in [0.3, 0.4) is 0 Å². The van der Waals surface area contributed by atoms with E-state index in [4.69, 9.17) is 5.73 Å². The third-order valence-electron chi connectivity index (χ3n) is 7.96. The molecule has 16 heteroatoms. The zero-order chi connectivity index (χ0) is 33.3. The zero-order valence-electron chi connectivity index (χ0n) is 24.4. The van der Waals surface area contributed by atoms with E-state index >= 15 is 0 Å². The number of ketones is 2. The summed E-state index contributed by atoms with van der Waals surface area (Å²) in [6, 6.07) is -0.637. The molecule has 240 valence electrons. The van der Waals surface area contributed by atoms with Crippen LogP contribution in [0.15, 0.2) is 23.0 Å². The molecule has 0 aromatic heterocycles. The molecule has 8 N–H and O–H groups in total. The van der Waals surface area contributed by atoms with Crippen LogP contribution in [-0.4, -0.2) is 92.9 Å². The van der Waals surface area contributed by atoms with Crippen molar-refractivity contribution >= 4 is 34.8 Å². The lowest BCUT2D eigenvalue weighted by Crippen LogP contribution is -2.65. The number of hydrogen-bond acceptors (Lipinski definition) is 11. The number of amides is 2. The number of phenols is 1. The quantitative estimate of drug-likeness (QED) is 0.176. The van der Waals surface area contributed by atoms with Gasteiger partial charge in [0.1, 0.15) is 22.8 Å². The third kappa shape index (κ3) is 5.48. The number of fused-ring (bicyclic) bond motifs is 3. The molecule has 0 spiro atoms. The number of nitrogens with one attached hydrogen (secondary N) is 2. The number of carbonyl (C=O) groups excluding carboxylic acids is 4. The summed E-state index contributed by atoms with van der Waals surface area (Å²) in [5, 5.41) is 50.1. The second-order valence-corrected chi connectivity index (χ2v) is 12.3. The highest BCUT2D eigenvalue weighted by atomic mass is 19.4. The first-order chi connectivity index (χ1) is 20.1. The first-order valence-electron chi connectivity index (χ1n) is 13.4. The van der Waals surface area contributed by atoms with Crippen LogP contribution in [0.25, 0.3) is 5.76 Å². The van der Waals surface area contributed by atoms with Crippen LogP contribution in [0.1, 0.15) is 38.3 Å². The topological polar surface area (TPSA) is 212 Å². The van der Waals surface area contributed by atoms with Gasteiger partial charge in [-0.15, -0.1) is 13.2 Å². The van der Waals surface area contributed by atoms with Crippen molar-refractivity contribution in [3.8, 4) is 11.5 Å². The predicted molar refractivity (Wildman–Crippen MR) is 147 cm³/mol. The average Bonchev–Trinajstić information content (AvgIpc) is 2.86. The largest absolute Gasteiger partial charge is 0.573 e. The number of alkyl halides is 3. The Labute approximate surface area is 249 Å². The molecule has 4 rings (SSSR count). The first kappa shape index (κ1) is 32.8. The highest BCUT2D eigenvalue weighted by Gasteiger charge is 2.64. The second-order valence-electron chi connectivity index (χ2n) is 12.3. The third-order valence-corrected chi connectivity index (χ3v) is 7.96. The number of nitrogens with zero attached hydrogens (tertiary/aromatic N) is 1. The van der Waals surface area contributed by atoms with E-state index in [1.54, 1.807) is 20.8 Å². The van der Waals surface area contributed by atoms with Crippen LogP contribution in [-0.2, 0) is 25.6 Å². The molecule has 13 nitrogen and oxygen atoms in total. The van der Waals surface area contributed by atoms with Gasteiger partial charge in [-0.05, 0) is 53.6 Å². The van der Waals surface area contributed by atoms with Crippen LogP contribution in [0.4, 0.5) is 18.9 Å². The Morgan fingerprint density at radius 3 is 2.30 bits per heavy atom. The fraction of sp³-hybridized carbons (Fsp3) is 0.500. The summed E-state index contributed by atoms with van der Waals surface area (Å²) < 4.78 is 44.7. The summed E-state index contributed by atoms with van der Waals surface area (Å²) in [5.74, 6) is -11.2. The van der Waals surface area contributed by atoms with E-state index in [0.717, 1.165) is 6.07 Å². The summed E-state index contributed by atoms with van der Waals surface area (Å²) in [6.45, 7) is 4.97. The molecule has 0 aliphatic heterocycles. The number of aromatic hydroxyl groups is 1. The minimum atomic E-state index is -5.24. The number of halogens is 3. The van der Waals surface area contributed by atoms with Gasteiger partial charge in [0.15, 0.2) is 17.1 Å². The molecule has 0 saturated heterocycles. The molecule has 1 saturated carbocycles. The summed E-state index contributed by atoms with van der Waals surface area (Å²) in [5.41, 5.74) is -1.37. The fourth-order valence-electron chi connectivity index (χ4n) is 6.13. The molecule has 1 aromatic rings. The van der Waals surface area contributed by atoms with Gasteiger partial charge in [-0.2, -0.15) is 0 Å². The number of benzene rings is 1. The Hall–Kier alpha value is -4.15. The highest BCUT2D eigenvalue weighted by molar-refractivity contribution is 6.24. The van der Waals surface area contributed by atoms with E-state index in [2.05, 4.69) is 15.4 Å². The number of rotatable bonds is 6. The number of phenolic OH excluding ortho intramolecular Hbond substituents is 1. The second kappa shape index (κ2) is 10.8. The van der Waals surface area contributed by atoms with E-state index in [-0.39, 0.29) is 18.5 Å². The number of likely N-dealkylation sites (N-methyl/N-ethyl adjacent to an activating group) is 1. The van der Waals surface area contributed by atoms with Gasteiger partial charge in [-0.3, -0.25) is 24.1 Å². The first-order valence-corrected chi connectivity index (χ1v) is 13.4. The molecule has 2 amide bonds. The maximum atomic E-state index is 13.9. The van der Waals surface area contributed by atoms with Gasteiger partial charge in [0.05, 0.1) is 23.8 Å². The molecule has 1 fully saturated rings. The van der Waals surface area contributed by atoms with Gasteiger partial charge in [0.2, 0.25) is 11.7 Å². The number of aliphatic hydroxyl groups excluding tert-OH is 2. The average molecular weight is 627 g/mol. The van der Waals surface area contributed by atoms with E-state index in [9.17, 15) is 52.8 Å². The fourth-order valence-corrected chi connectivity index (χ4v) is 6.13. The molecular weight excluding hydrogens is 593 g/mol. The SMILES string of the molecule is CN(C)[C@@H]1C(=O)C(C(N)=O)=C(O)[C@@]2(O)C(=O)C3=C(O)c4c(O)c(NC(=O)CNC(C)(C)C)cc(OC(F)(F)F)c4C[C@H]3C[C@@H]12. The number of nitrogens with two attached hydrogens (primary N) is 1. The number of anilines is 1. The normalized spacial score (nSPS) is 25.5. The molecule has 0 heterocycles. The van der Waals surface area contributed by atoms with E-state index < -0.39 is 111 Å².